The van der Waals surface area contributed by atoms with Crippen LogP contribution >= 0.6 is 23.4 Å². The van der Waals surface area contributed by atoms with Crippen LogP contribution in [0.25, 0.3) is 0 Å². The topological polar surface area (TPSA) is 67.4 Å². The molecule has 0 aromatic heterocycles. The number of halogens is 1. The smallest absolute Gasteiger partial charge is 0.255 e. The average Bonchev–Trinajstić information content (AvgIpc) is 2.75. The summed E-state index contributed by atoms with van der Waals surface area (Å²) in [5.74, 6) is 0.588. The number of nitrogens with one attached hydrogen (secondary N) is 2. The van der Waals surface area contributed by atoms with Crippen molar-refractivity contribution in [2.75, 3.05) is 23.5 Å². The van der Waals surface area contributed by atoms with Crippen molar-refractivity contribution in [2.45, 2.75) is 11.8 Å². The maximum absolute atomic E-state index is 12.4. The van der Waals surface area contributed by atoms with Crippen molar-refractivity contribution in [1.29, 1.82) is 0 Å². The van der Waals surface area contributed by atoms with Gasteiger partial charge in [0.15, 0.2) is 0 Å². The number of benzene rings is 3. The molecule has 0 aliphatic carbocycles. The van der Waals surface area contributed by atoms with Gasteiger partial charge in [0.1, 0.15) is 5.75 Å². The van der Waals surface area contributed by atoms with Crippen LogP contribution in [0.3, 0.4) is 0 Å². The Morgan fingerprint density at radius 1 is 1.00 bits per heavy atom. The number of rotatable bonds is 7. The predicted molar refractivity (Wildman–Crippen MR) is 123 cm³/mol. The number of hydrogen-bond donors (Lipinski definition) is 2. The summed E-state index contributed by atoms with van der Waals surface area (Å²) in [6.45, 7) is 1.91. The number of aryl methyl sites for hydroxylation is 1. The van der Waals surface area contributed by atoms with Crippen LogP contribution < -0.4 is 15.4 Å². The summed E-state index contributed by atoms with van der Waals surface area (Å²) in [6.07, 6.45) is 0. The number of methoxy groups -OCH3 is 1. The van der Waals surface area contributed by atoms with Gasteiger partial charge in [-0.2, -0.15) is 0 Å². The summed E-state index contributed by atoms with van der Waals surface area (Å²) in [5.41, 5.74) is 2.84. The molecule has 5 nitrogen and oxygen atoms in total. The second kappa shape index (κ2) is 10.2. The van der Waals surface area contributed by atoms with E-state index in [1.165, 1.54) is 11.8 Å². The average molecular weight is 441 g/mol. The lowest BCUT2D eigenvalue weighted by Gasteiger charge is -2.10. The maximum atomic E-state index is 12.4. The Morgan fingerprint density at radius 3 is 2.50 bits per heavy atom. The third kappa shape index (κ3) is 6.02. The molecule has 0 aliphatic heterocycles. The molecule has 0 unspecified atom stereocenters. The lowest BCUT2D eigenvalue weighted by Crippen LogP contribution is -2.15. The third-order valence-electron chi connectivity index (χ3n) is 4.29. The standard InChI is InChI=1S/C23H21ClN2O3S/c1-15-6-9-17(24)12-21(15)26-22(27)14-30-20-5-3-4-18(13-20)25-23(28)16-7-10-19(29-2)11-8-16/h3-13H,14H2,1-2H3,(H,25,28)(H,26,27). The quantitative estimate of drug-likeness (QED) is 0.466. The molecule has 0 saturated carbocycles. The summed E-state index contributed by atoms with van der Waals surface area (Å²) < 4.78 is 5.11. The van der Waals surface area contributed by atoms with Crippen LogP contribution in [0.4, 0.5) is 11.4 Å². The van der Waals surface area contributed by atoms with Crippen molar-refractivity contribution in [3.05, 3.63) is 82.9 Å². The predicted octanol–water partition coefficient (Wildman–Crippen LogP) is 5.64. The first-order valence-electron chi connectivity index (χ1n) is 9.19. The van der Waals surface area contributed by atoms with Gasteiger partial charge in [0, 0.05) is 26.9 Å². The van der Waals surface area contributed by atoms with Crippen LogP contribution in [-0.2, 0) is 4.79 Å². The van der Waals surface area contributed by atoms with E-state index in [0.29, 0.717) is 27.7 Å². The Hall–Kier alpha value is -2.96. The molecule has 3 rings (SSSR count). The van der Waals surface area contributed by atoms with E-state index in [1.807, 2.05) is 31.2 Å². The van der Waals surface area contributed by atoms with Gasteiger partial charge in [0.2, 0.25) is 5.91 Å². The third-order valence-corrected chi connectivity index (χ3v) is 5.52. The minimum atomic E-state index is -0.214. The lowest BCUT2D eigenvalue weighted by molar-refractivity contribution is -0.113. The zero-order valence-corrected chi connectivity index (χ0v) is 18.1. The summed E-state index contributed by atoms with van der Waals surface area (Å²) in [5, 5.41) is 6.32. The number of hydrogen-bond acceptors (Lipinski definition) is 4. The van der Waals surface area contributed by atoms with E-state index in [9.17, 15) is 9.59 Å². The molecule has 0 radical (unpaired) electrons. The van der Waals surface area contributed by atoms with Crippen molar-refractivity contribution in [3.8, 4) is 5.75 Å². The van der Waals surface area contributed by atoms with E-state index in [1.54, 1.807) is 49.6 Å². The normalized spacial score (nSPS) is 10.4. The Bertz CT molecular complexity index is 1050. The Morgan fingerprint density at radius 2 is 1.77 bits per heavy atom. The largest absolute Gasteiger partial charge is 0.497 e. The minimum Gasteiger partial charge on any atom is -0.497 e. The molecular formula is C23H21ClN2O3S. The van der Waals surface area contributed by atoms with Crippen LogP contribution in [0.15, 0.2) is 71.6 Å². The van der Waals surface area contributed by atoms with E-state index < -0.39 is 0 Å². The monoisotopic (exact) mass is 440 g/mol. The van der Waals surface area contributed by atoms with Gasteiger partial charge in [0.25, 0.3) is 5.91 Å². The van der Waals surface area contributed by atoms with Gasteiger partial charge in [-0.1, -0.05) is 23.7 Å². The maximum Gasteiger partial charge on any atom is 0.255 e. The fourth-order valence-corrected chi connectivity index (χ4v) is 3.60. The highest BCUT2D eigenvalue weighted by atomic mass is 35.5. The van der Waals surface area contributed by atoms with Gasteiger partial charge in [-0.25, -0.2) is 0 Å². The molecule has 0 fully saturated rings. The van der Waals surface area contributed by atoms with Crippen molar-refractivity contribution in [1.82, 2.24) is 0 Å². The van der Waals surface area contributed by atoms with Gasteiger partial charge < -0.3 is 15.4 Å². The van der Waals surface area contributed by atoms with Gasteiger partial charge in [0.05, 0.1) is 12.9 Å². The second-order valence-electron chi connectivity index (χ2n) is 6.51. The summed E-state index contributed by atoms with van der Waals surface area (Å²) in [6, 6.07) is 19.6. The number of anilines is 2. The zero-order valence-electron chi connectivity index (χ0n) is 16.6. The number of carbonyl (C=O) groups is 2. The van der Waals surface area contributed by atoms with Gasteiger partial charge in [-0.05, 0) is 67.1 Å². The summed E-state index contributed by atoms with van der Waals surface area (Å²) in [7, 11) is 1.58. The highest BCUT2D eigenvalue weighted by molar-refractivity contribution is 8.00. The first-order valence-corrected chi connectivity index (χ1v) is 10.6. The highest BCUT2D eigenvalue weighted by Crippen LogP contribution is 2.24. The zero-order chi connectivity index (χ0) is 21.5. The van der Waals surface area contributed by atoms with Crippen LogP contribution in [0.2, 0.25) is 5.02 Å². The number of amides is 2. The minimum absolute atomic E-state index is 0.127. The molecule has 0 bridgehead atoms. The number of carbonyl (C=O) groups excluding carboxylic acids is 2. The first-order chi connectivity index (χ1) is 14.4. The second-order valence-corrected chi connectivity index (χ2v) is 7.99. The molecule has 7 heteroatoms. The molecular weight excluding hydrogens is 420 g/mol. The van der Waals surface area contributed by atoms with Gasteiger partial charge in [-0.15, -0.1) is 11.8 Å². The van der Waals surface area contributed by atoms with E-state index >= 15 is 0 Å². The van der Waals surface area contributed by atoms with Crippen LogP contribution in [0.1, 0.15) is 15.9 Å². The molecule has 2 amide bonds. The summed E-state index contributed by atoms with van der Waals surface area (Å²) in [4.78, 5) is 25.6. The van der Waals surface area contributed by atoms with E-state index in [-0.39, 0.29) is 17.6 Å². The Labute approximate surface area is 184 Å². The molecule has 3 aromatic carbocycles. The van der Waals surface area contributed by atoms with Crippen molar-refractivity contribution < 1.29 is 14.3 Å². The number of ether oxygens (including phenoxy) is 1. The van der Waals surface area contributed by atoms with Crippen LogP contribution in [0, 0.1) is 6.92 Å². The van der Waals surface area contributed by atoms with Crippen LogP contribution in [0.5, 0.6) is 5.75 Å². The fraction of sp³-hybridized carbons (Fsp3) is 0.130. The molecule has 3 aromatic rings. The SMILES string of the molecule is COc1ccc(C(=O)Nc2cccc(SCC(=O)Nc3cc(Cl)ccc3C)c2)cc1. The van der Waals surface area contributed by atoms with Gasteiger partial charge in [-0.3, -0.25) is 9.59 Å². The lowest BCUT2D eigenvalue weighted by atomic mass is 10.2. The van der Waals surface area contributed by atoms with Crippen molar-refractivity contribution in [3.63, 3.8) is 0 Å². The molecule has 0 saturated heterocycles. The molecule has 0 spiro atoms. The molecule has 0 aliphatic rings. The fourth-order valence-electron chi connectivity index (χ4n) is 2.67. The molecule has 2 N–H and O–H groups in total. The van der Waals surface area contributed by atoms with E-state index in [2.05, 4.69) is 10.6 Å². The molecule has 154 valence electrons. The van der Waals surface area contributed by atoms with Crippen molar-refractivity contribution in [2.24, 2.45) is 0 Å². The molecule has 30 heavy (non-hydrogen) atoms. The molecule has 0 heterocycles. The van der Waals surface area contributed by atoms with E-state index in [4.69, 9.17) is 16.3 Å². The van der Waals surface area contributed by atoms with Crippen molar-refractivity contribution >= 4 is 46.6 Å². The highest BCUT2D eigenvalue weighted by Gasteiger charge is 2.09. The van der Waals surface area contributed by atoms with Crippen LogP contribution in [-0.4, -0.2) is 24.7 Å². The summed E-state index contributed by atoms with van der Waals surface area (Å²) >= 11 is 7.38. The molecule has 0 atom stereocenters. The first kappa shape index (κ1) is 21.7. The van der Waals surface area contributed by atoms with Gasteiger partial charge >= 0.3 is 0 Å². The number of thioether (sulfide) groups is 1. The van der Waals surface area contributed by atoms with E-state index in [0.717, 1.165) is 10.5 Å². The Kier molecular flexibility index (Phi) is 7.38. The Balaban J connectivity index is 1.57.